The number of amides is 1. The van der Waals surface area contributed by atoms with Crippen molar-refractivity contribution in [1.29, 1.82) is 0 Å². The second-order valence-corrected chi connectivity index (χ2v) is 6.53. The maximum absolute atomic E-state index is 12.3. The molecule has 0 aliphatic rings. The van der Waals surface area contributed by atoms with Gasteiger partial charge in [-0.25, -0.2) is 0 Å². The number of aryl methyl sites for hydroxylation is 1. The molecule has 2 rings (SSSR count). The highest BCUT2D eigenvalue weighted by molar-refractivity contribution is 6.30. The number of rotatable bonds is 7. The van der Waals surface area contributed by atoms with Crippen molar-refractivity contribution in [2.24, 2.45) is 0 Å². The number of benzene rings is 2. The number of ether oxygens (including phenoxy) is 1. The van der Waals surface area contributed by atoms with Crippen LogP contribution in [0.5, 0.6) is 11.5 Å². The molecule has 2 aromatic rings. The normalized spacial score (nSPS) is 11.1. The van der Waals surface area contributed by atoms with E-state index in [1.807, 2.05) is 12.1 Å². The molecule has 0 atom stereocenters. The number of aromatic hydroxyl groups is 1. The molecule has 0 heterocycles. The Balaban J connectivity index is 1.79. The minimum absolute atomic E-state index is 0.173. The molecule has 24 heavy (non-hydrogen) atoms. The number of hydrogen-bond donors (Lipinski definition) is 2. The molecule has 0 fully saturated rings. The van der Waals surface area contributed by atoms with Gasteiger partial charge in [-0.05, 0) is 62.6 Å². The number of nitrogens with one attached hydrogen (secondary N) is 1. The molecule has 0 aliphatic carbocycles. The lowest BCUT2D eigenvalue weighted by Crippen LogP contribution is -2.46. The topological polar surface area (TPSA) is 58.6 Å². The molecule has 0 aromatic heterocycles. The van der Waals surface area contributed by atoms with Crippen LogP contribution in [0.15, 0.2) is 48.5 Å². The van der Waals surface area contributed by atoms with E-state index < -0.39 is 5.60 Å². The van der Waals surface area contributed by atoms with E-state index in [1.54, 1.807) is 50.2 Å². The molecule has 0 unspecified atom stereocenters. The third-order valence-corrected chi connectivity index (χ3v) is 3.82. The molecule has 0 saturated carbocycles. The SMILES string of the molecule is CC(C)(Oc1cccc(Cl)c1)C(=O)NCCCc1ccc(O)cc1. The first kappa shape index (κ1) is 18.1. The molecule has 2 aromatic carbocycles. The lowest BCUT2D eigenvalue weighted by molar-refractivity contribution is -0.134. The van der Waals surface area contributed by atoms with Crippen LogP contribution in [0.2, 0.25) is 5.02 Å². The molecular weight excluding hydrogens is 326 g/mol. The van der Waals surface area contributed by atoms with Crippen molar-refractivity contribution in [2.45, 2.75) is 32.3 Å². The van der Waals surface area contributed by atoms with E-state index in [1.165, 1.54) is 0 Å². The highest BCUT2D eigenvalue weighted by Crippen LogP contribution is 2.22. The maximum Gasteiger partial charge on any atom is 0.263 e. The number of phenols is 1. The zero-order valence-corrected chi connectivity index (χ0v) is 14.6. The molecule has 4 nitrogen and oxygen atoms in total. The van der Waals surface area contributed by atoms with E-state index in [4.69, 9.17) is 16.3 Å². The number of phenolic OH excluding ortho intramolecular Hbond substituents is 1. The van der Waals surface area contributed by atoms with Gasteiger partial charge in [-0.15, -0.1) is 0 Å². The average Bonchev–Trinajstić information content (AvgIpc) is 2.52. The summed E-state index contributed by atoms with van der Waals surface area (Å²) in [4.78, 5) is 12.3. The van der Waals surface area contributed by atoms with E-state index in [0.717, 1.165) is 18.4 Å². The number of carbonyl (C=O) groups is 1. The molecule has 2 N–H and O–H groups in total. The Hall–Kier alpha value is -2.20. The van der Waals surface area contributed by atoms with Crippen molar-refractivity contribution < 1.29 is 14.6 Å². The van der Waals surface area contributed by atoms with E-state index in [2.05, 4.69) is 5.32 Å². The molecule has 0 spiro atoms. The lowest BCUT2D eigenvalue weighted by atomic mass is 10.1. The largest absolute Gasteiger partial charge is 0.508 e. The average molecular weight is 348 g/mol. The highest BCUT2D eigenvalue weighted by atomic mass is 35.5. The van der Waals surface area contributed by atoms with Gasteiger partial charge in [0.2, 0.25) is 0 Å². The quantitative estimate of drug-likeness (QED) is 0.745. The molecular formula is C19H22ClNO3. The Bertz CT molecular complexity index is 683. The van der Waals surface area contributed by atoms with E-state index in [0.29, 0.717) is 17.3 Å². The maximum atomic E-state index is 12.3. The van der Waals surface area contributed by atoms with Crippen LogP contribution in [-0.4, -0.2) is 23.2 Å². The van der Waals surface area contributed by atoms with Crippen molar-refractivity contribution in [3.63, 3.8) is 0 Å². The Labute approximate surface area is 147 Å². The van der Waals surface area contributed by atoms with Gasteiger partial charge in [0.1, 0.15) is 11.5 Å². The zero-order valence-electron chi connectivity index (χ0n) is 13.9. The summed E-state index contributed by atoms with van der Waals surface area (Å²) < 4.78 is 5.75. The standard InChI is InChI=1S/C19H22ClNO3/c1-19(2,24-17-7-3-6-15(20)13-17)18(23)21-12-4-5-14-8-10-16(22)11-9-14/h3,6-11,13,22H,4-5,12H2,1-2H3,(H,21,23). The molecule has 5 heteroatoms. The summed E-state index contributed by atoms with van der Waals surface area (Å²) in [6.07, 6.45) is 1.64. The van der Waals surface area contributed by atoms with Crippen LogP contribution in [0.3, 0.4) is 0 Å². The van der Waals surface area contributed by atoms with Crippen molar-refractivity contribution >= 4 is 17.5 Å². The first-order chi connectivity index (χ1) is 11.4. The van der Waals surface area contributed by atoms with Gasteiger partial charge in [0, 0.05) is 11.6 Å². The number of carbonyl (C=O) groups excluding carboxylic acids is 1. The predicted molar refractivity (Wildman–Crippen MR) is 95.6 cm³/mol. The highest BCUT2D eigenvalue weighted by Gasteiger charge is 2.29. The first-order valence-corrected chi connectivity index (χ1v) is 8.25. The van der Waals surface area contributed by atoms with Crippen LogP contribution >= 0.6 is 11.6 Å². The van der Waals surface area contributed by atoms with Gasteiger partial charge in [0.25, 0.3) is 5.91 Å². The fourth-order valence-corrected chi connectivity index (χ4v) is 2.42. The lowest BCUT2D eigenvalue weighted by Gasteiger charge is -2.25. The van der Waals surface area contributed by atoms with E-state index in [-0.39, 0.29) is 11.7 Å². The van der Waals surface area contributed by atoms with Crippen LogP contribution < -0.4 is 10.1 Å². The summed E-state index contributed by atoms with van der Waals surface area (Å²) in [6, 6.07) is 14.1. The second kappa shape index (κ2) is 8.06. The Morgan fingerprint density at radius 1 is 1.21 bits per heavy atom. The van der Waals surface area contributed by atoms with Crippen molar-refractivity contribution in [1.82, 2.24) is 5.32 Å². The van der Waals surface area contributed by atoms with Gasteiger partial charge in [-0.3, -0.25) is 4.79 Å². The third-order valence-electron chi connectivity index (χ3n) is 3.58. The number of hydrogen-bond acceptors (Lipinski definition) is 3. The summed E-state index contributed by atoms with van der Waals surface area (Å²) in [5, 5.41) is 12.7. The first-order valence-electron chi connectivity index (χ1n) is 7.87. The Morgan fingerprint density at radius 2 is 1.92 bits per heavy atom. The van der Waals surface area contributed by atoms with Crippen LogP contribution in [0.25, 0.3) is 0 Å². The van der Waals surface area contributed by atoms with E-state index >= 15 is 0 Å². The zero-order chi connectivity index (χ0) is 17.6. The molecule has 0 radical (unpaired) electrons. The molecule has 1 amide bonds. The summed E-state index contributed by atoms with van der Waals surface area (Å²) in [6.45, 7) is 4.01. The van der Waals surface area contributed by atoms with Crippen LogP contribution in [0.1, 0.15) is 25.8 Å². The summed E-state index contributed by atoms with van der Waals surface area (Å²) in [7, 11) is 0. The minimum atomic E-state index is -0.983. The summed E-state index contributed by atoms with van der Waals surface area (Å²) in [5.74, 6) is 0.645. The summed E-state index contributed by atoms with van der Waals surface area (Å²) in [5.41, 5.74) is 0.139. The van der Waals surface area contributed by atoms with E-state index in [9.17, 15) is 9.90 Å². The molecule has 0 saturated heterocycles. The third kappa shape index (κ3) is 5.46. The summed E-state index contributed by atoms with van der Waals surface area (Å²) >= 11 is 5.93. The monoisotopic (exact) mass is 347 g/mol. The minimum Gasteiger partial charge on any atom is -0.508 e. The fraction of sp³-hybridized carbons (Fsp3) is 0.316. The van der Waals surface area contributed by atoms with Gasteiger partial charge in [-0.2, -0.15) is 0 Å². The van der Waals surface area contributed by atoms with Gasteiger partial charge in [0.05, 0.1) is 0 Å². The van der Waals surface area contributed by atoms with Gasteiger partial charge < -0.3 is 15.2 Å². The van der Waals surface area contributed by atoms with Crippen molar-refractivity contribution in [3.8, 4) is 11.5 Å². The van der Waals surface area contributed by atoms with Crippen molar-refractivity contribution in [3.05, 3.63) is 59.1 Å². The second-order valence-electron chi connectivity index (χ2n) is 6.10. The van der Waals surface area contributed by atoms with Crippen LogP contribution in [0, 0.1) is 0 Å². The number of halogens is 1. The van der Waals surface area contributed by atoms with Gasteiger partial charge in [0.15, 0.2) is 5.60 Å². The smallest absolute Gasteiger partial charge is 0.263 e. The molecule has 0 bridgehead atoms. The Kier molecular flexibility index (Phi) is 6.10. The van der Waals surface area contributed by atoms with Crippen LogP contribution in [0.4, 0.5) is 0 Å². The fourth-order valence-electron chi connectivity index (χ4n) is 2.24. The Morgan fingerprint density at radius 3 is 2.58 bits per heavy atom. The van der Waals surface area contributed by atoms with Gasteiger partial charge >= 0.3 is 0 Å². The van der Waals surface area contributed by atoms with Crippen LogP contribution in [-0.2, 0) is 11.2 Å². The predicted octanol–water partition coefficient (Wildman–Crippen LogP) is 3.95. The molecule has 0 aliphatic heterocycles. The van der Waals surface area contributed by atoms with Crippen molar-refractivity contribution in [2.75, 3.05) is 6.54 Å². The molecule has 128 valence electrons. The van der Waals surface area contributed by atoms with Gasteiger partial charge in [-0.1, -0.05) is 29.8 Å².